The average Bonchev–Trinajstić information content (AvgIpc) is 2.48. The molecule has 0 aromatic heterocycles. The van der Waals surface area contributed by atoms with Gasteiger partial charge in [-0.25, -0.2) is 0 Å². The van der Waals surface area contributed by atoms with Crippen LogP contribution in [0.25, 0.3) is 0 Å². The molecule has 1 rings (SSSR count). The van der Waals surface area contributed by atoms with Crippen molar-refractivity contribution >= 4 is 5.91 Å². The monoisotopic (exact) mass is 223 g/mol. The van der Waals surface area contributed by atoms with Gasteiger partial charge in [0.25, 0.3) is 0 Å². The molecule has 0 bridgehead atoms. The molecule has 0 unspecified atom stereocenters. The van der Waals surface area contributed by atoms with Crippen molar-refractivity contribution in [2.45, 2.75) is 51.2 Å². The fourth-order valence-corrected chi connectivity index (χ4v) is 2.45. The van der Waals surface area contributed by atoms with E-state index in [1.807, 2.05) is 0 Å². The van der Waals surface area contributed by atoms with Crippen LogP contribution in [0, 0.1) is 0 Å². The Balaban J connectivity index is 3.04. The molecule has 0 spiro atoms. The highest BCUT2D eigenvalue weighted by Crippen LogP contribution is 2.46. The van der Waals surface area contributed by atoms with Crippen LogP contribution in [0.15, 0.2) is 0 Å². The third-order valence-electron chi connectivity index (χ3n) is 3.06. The summed E-state index contributed by atoms with van der Waals surface area (Å²) in [5.41, 5.74) is -1.90. The molecule has 88 valence electrons. The van der Waals surface area contributed by atoms with E-state index in [1.54, 1.807) is 6.92 Å². The summed E-state index contributed by atoms with van der Waals surface area (Å²) in [6, 6.07) is 0. The maximum Gasteiger partial charge on any atom is 0.411 e. The van der Waals surface area contributed by atoms with Crippen molar-refractivity contribution in [3.8, 4) is 0 Å². The number of rotatable bonds is 2. The Kier molecular flexibility index (Phi) is 3.31. The molecule has 1 amide bonds. The van der Waals surface area contributed by atoms with Crippen molar-refractivity contribution in [3.63, 3.8) is 0 Å². The molecule has 1 saturated heterocycles. The molecule has 0 N–H and O–H groups in total. The van der Waals surface area contributed by atoms with E-state index in [1.165, 1.54) is 6.92 Å². The molecule has 0 aromatic carbocycles. The quantitative estimate of drug-likeness (QED) is 0.704. The first kappa shape index (κ1) is 12.3. The molecule has 0 radical (unpaired) electrons. The summed E-state index contributed by atoms with van der Waals surface area (Å²) in [5.74, 6) is -0.474. The molecule has 2 nitrogen and oxygen atoms in total. The van der Waals surface area contributed by atoms with Crippen LogP contribution in [-0.2, 0) is 4.79 Å². The second-order valence-electron chi connectivity index (χ2n) is 4.05. The fourth-order valence-electron chi connectivity index (χ4n) is 2.45. The lowest BCUT2D eigenvalue weighted by Gasteiger charge is -2.39. The molecule has 1 heterocycles. The Morgan fingerprint density at radius 2 is 2.07 bits per heavy atom. The number of carbonyl (C=O) groups excluding carboxylic acids is 1. The van der Waals surface area contributed by atoms with Crippen LogP contribution in [0.3, 0.4) is 0 Å². The predicted molar refractivity (Wildman–Crippen MR) is 50.3 cm³/mol. The number of likely N-dealkylation sites (tertiary alicyclic amines) is 1. The first-order chi connectivity index (χ1) is 6.85. The van der Waals surface area contributed by atoms with Gasteiger partial charge in [-0.3, -0.25) is 4.79 Å². The van der Waals surface area contributed by atoms with Crippen LogP contribution in [0.5, 0.6) is 0 Å². The van der Waals surface area contributed by atoms with E-state index in [0.717, 1.165) is 4.90 Å². The summed E-state index contributed by atoms with van der Waals surface area (Å²) in [6.07, 6.45) is -3.38. The molecule has 1 atom stereocenters. The summed E-state index contributed by atoms with van der Waals surface area (Å²) in [7, 11) is 0. The zero-order chi connectivity index (χ0) is 11.7. The fraction of sp³-hybridized carbons (Fsp3) is 0.900. The van der Waals surface area contributed by atoms with E-state index < -0.39 is 17.6 Å². The van der Waals surface area contributed by atoms with Crippen molar-refractivity contribution < 1.29 is 18.0 Å². The highest BCUT2D eigenvalue weighted by atomic mass is 19.4. The minimum Gasteiger partial charge on any atom is -0.328 e. The Hall–Kier alpha value is -0.740. The third kappa shape index (κ3) is 1.96. The average molecular weight is 223 g/mol. The molecule has 1 aliphatic heterocycles. The minimum absolute atomic E-state index is 0.0100. The second kappa shape index (κ2) is 4.02. The van der Waals surface area contributed by atoms with Gasteiger partial charge in [0.2, 0.25) is 5.91 Å². The summed E-state index contributed by atoms with van der Waals surface area (Å²) >= 11 is 0. The summed E-state index contributed by atoms with van der Waals surface area (Å²) in [4.78, 5) is 12.2. The Morgan fingerprint density at radius 3 is 2.47 bits per heavy atom. The van der Waals surface area contributed by atoms with Crippen molar-refractivity contribution in [1.29, 1.82) is 0 Å². The Morgan fingerprint density at radius 1 is 1.47 bits per heavy atom. The maximum absolute atomic E-state index is 13.0. The van der Waals surface area contributed by atoms with Gasteiger partial charge in [0.1, 0.15) is 5.54 Å². The topological polar surface area (TPSA) is 20.3 Å². The van der Waals surface area contributed by atoms with E-state index in [-0.39, 0.29) is 19.4 Å². The Bertz CT molecular complexity index is 252. The van der Waals surface area contributed by atoms with Crippen molar-refractivity contribution in [3.05, 3.63) is 0 Å². The predicted octanol–water partition coefficient (Wildman–Crippen LogP) is 2.73. The zero-order valence-electron chi connectivity index (χ0n) is 9.02. The van der Waals surface area contributed by atoms with Gasteiger partial charge in [-0.1, -0.05) is 13.3 Å². The molecule has 15 heavy (non-hydrogen) atoms. The van der Waals surface area contributed by atoms with E-state index >= 15 is 0 Å². The summed E-state index contributed by atoms with van der Waals surface area (Å²) in [5, 5.41) is 0. The number of hydrogen-bond donors (Lipinski definition) is 0. The second-order valence-corrected chi connectivity index (χ2v) is 4.05. The molecule has 1 fully saturated rings. The first-order valence-electron chi connectivity index (χ1n) is 5.20. The van der Waals surface area contributed by atoms with Gasteiger partial charge in [-0.15, -0.1) is 0 Å². The maximum atomic E-state index is 13.0. The lowest BCUT2D eigenvalue weighted by atomic mass is 9.89. The largest absolute Gasteiger partial charge is 0.411 e. The van der Waals surface area contributed by atoms with Crippen molar-refractivity contribution in [2.24, 2.45) is 0 Å². The van der Waals surface area contributed by atoms with Gasteiger partial charge in [-0.05, 0) is 19.3 Å². The van der Waals surface area contributed by atoms with Gasteiger partial charge in [-0.2, -0.15) is 13.2 Å². The number of hydrogen-bond acceptors (Lipinski definition) is 1. The molecule has 0 aliphatic carbocycles. The van der Waals surface area contributed by atoms with E-state index in [4.69, 9.17) is 0 Å². The highest BCUT2D eigenvalue weighted by molar-refractivity contribution is 5.74. The molecule has 5 heteroatoms. The van der Waals surface area contributed by atoms with Gasteiger partial charge >= 0.3 is 6.18 Å². The van der Waals surface area contributed by atoms with E-state index in [0.29, 0.717) is 12.8 Å². The van der Waals surface area contributed by atoms with Gasteiger partial charge < -0.3 is 4.90 Å². The lowest BCUT2D eigenvalue weighted by molar-refractivity contribution is -0.225. The van der Waals surface area contributed by atoms with Crippen molar-refractivity contribution in [1.82, 2.24) is 4.90 Å². The first-order valence-corrected chi connectivity index (χ1v) is 5.20. The van der Waals surface area contributed by atoms with Crippen molar-refractivity contribution in [2.75, 3.05) is 6.54 Å². The van der Waals surface area contributed by atoms with Gasteiger partial charge in [0.05, 0.1) is 0 Å². The van der Waals surface area contributed by atoms with Crippen LogP contribution in [-0.4, -0.2) is 29.1 Å². The minimum atomic E-state index is -4.31. The smallest absolute Gasteiger partial charge is 0.328 e. The van der Waals surface area contributed by atoms with Crippen LogP contribution in [0.2, 0.25) is 0 Å². The molecule has 0 saturated carbocycles. The van der Waals surface area contributed by atoms with Gasteiger partial charge in [0.15, 0.2) is 0 Å². The summed E-state index contributed by atoms with van der Waals surface area (Å²) < 4.78 is 39.1. The number of carbonyl (C=O) groups is 1. The molecular formula is C10H16F3NO. The molecular weight excluding hydrogens is 207 g/mol. The summed E-state index contributed by atoms with van der Waals surface area (Å²) in [6.45, 7) is 3.15. The zero-order valence-corrected chi connectivity index (χ0v) is 9.02. The molecule has 1 aliphatic rings. The van der Waals surface area contributed by atoms with E-state index in [9.17, 15) is 18.0 Å². The third-order valence-corrected chi connectivity index (χ3v) is 3.06. The van der Waals surface area contributed by atoms with Gasteiger partial charge in [0, 0.05) is 13.5 Å². The standard InChI is InChI=1S/C10H16F3NO/c1-3-5-9(10(11,12)13)6-4-7-14(9)8(2)15/h3-7H2,1-2H3/t9-/m1/s1. The lowest BCUT2D eigenvalue weighted by Crippen LogP contribution is -2.56. The number of nitrogens with zero attached hydrogens (tertiary/aromatic N) is 1. The highest BCUT2D eigenvalue weighted by Gasteiger charge is 2.60. The number of halogens is 3. The SMILES string of the molecule is CCC[C@]1(C(F)(F)F)CCCN1C(C)=O. The number of alkyl halides is 3. The molecule has 0 aromatic rings. The van der Waals surface area contributed by atoms with E-state index in [2.05, 4.69) is 0 Å². The van der Waals surface area contributed by atoms with Crippen LogP contribution >= 0.6 is 0 Å². The Labute approximate surface area is 87.4 Å². The van der Waals surface area contributed by atoms with Crippen LogP contribution in [0.4, 0.5) is 13.2 Å². The van der Waals surface area contributed by atoms with Crippen LogP contribution in [0.1, 0.15) is 39.5 Å². The normalized spacial score (nSPS) is 27.1. The van der Waals surface area contributed by atoms with Crippen LogP contribution < -0.4 is 0 Å². The number of amides is 1.